The van der Waals surface area contributed by atoms with E-state index in [-0.39, 0.29) is 11.1 Å². The number of unbranched alkanes of at least 4 members (excludes halogenated alkanes) is 2. The van der Waals surface area contributed by atoms with Crippen LogP contribution in [0.4, 0.5) is 0 Å². The first-order valence-electron chi connectivity index (χ1n) is 24.6. The average molecular weight is 835 g/mol. The number of rotatable bonds is 25. The van der Waals surface area contributed by atoms with Crippen molar-refractivity contribution in [2.45, 2.75) is 220 Å². The highest BCUT2D eigenvalue weighted by atomic mass is 33.1. The molecule has 7 unspecified atom stereocenters. The lowest BCUT2D eigenvalue weighted by Crippen LogP contribution is -2.50. The normalized spacial score (nSPS) is 28.4. The van der Waals surface area contributed by atoms with Crippen molar-refractivity contribution in [3.05, 3.63) is 11.6 Å². The number of nitrogens with two attached hydrogens (primary N) is 2. The van der Waals surface area contributed by atoms with Gasteiger partial charge in [-0.3, -0.25) is 0 Å². The number of aldehydes is 1. The summed E-state index contributed by atoms with van der Waals surface area (Å²) in [4.78, 5) is 13.0. The number of fused-ring (bicyclic) bond motifs is 5. The van der Waals surface area contributed by atoms with Crippen LogP contribution in [0.1, 0.15) is 204 Å². The Balaban J connectivity index is 0.000000399. The Kier molecular flexibility index (Phi) is 25.2. The zero-order valence-corrected chi connectivity index (χ0v) is 41.5. The summed E-state index contributed by atoms with van der Waals surface area (Å²) in [6, 6.07) is 0. The summed E-state index contributed by atoms with van der Waals surface area (Å²) in [7, 11) is 6.20. The number of hydrogen-bond acceptors (Lipinski definition) is 7. The molecule has 0 saturated heterocycles. The standard InChI is InChI=1S/C29H48OS2.C19H44N4.C2H6/c1-21(2)8-5-6-9-22-11-13-26-25-12-10-23-20-24(32-31-19-7-18-30)14-16-29(23,4)27(25)15-17-28(22,26)3;1-6-18(20,7-2)12-15-22-14-10-11-16-23(5)17-13-19(21,8-3)9-4;1-2/h10,18,21-22,24-27H,5-9,11-17,19-20H2,1-4H3;22H,6-17,20-21H2,1-5H3;1-2H3. The van der Waals surface area contributed by atoms with Crippen molar-refractivity contribution >= 4 is 27.9 Å². The van der Waals surface area contributed by atoms with E-state index >= 15 is 0 Å². The van der Waals surface area contributed by atoms with Crippen molar-refractivity contribution in [1.29, 1.82) is 0 Å². The minimum absolute atomic E-state index is 0.0283. The fourth-order valence-electron chi connectivity index (χ4n) is 11.3. The quantitative estimate of drug-likeness (QED) is 0.0366. The topological polar surface area (TPSA) is 84.4 Å². The molecule has 0 radical (unpaired) electrons. The molecule has 7 atom stereocenters. The molecular weight excluding hydrogens is 737 g/mol. The third-order valence-corrected chi connectivity index (χ3v) is 19.1. The van der Waals surface area contributed by atoms with E-state index in [1.165, 1.54) is 89.9 Å². The molecule has 0 heterocycles. The van der Waals surface area contributed by atoms with E-state index in [9.17, 15) is 4.79 Å². The van der Waals surface area contributed by atoms with Gasteiger partial charge < -0.3 is 26.5 Å². The number of carbonyl (C=O) groups is 1. The molecule has 0 aliphatic heterocycles. The number of hydrogen-bond donors (Lipinski definition) is 3. The van der Waals surface area contributed by atoms with E-state index in [1.807, 2.05) is 30.2 Å². The molecular formula is C50H98N4OS2. The summed E-state index contributed by atoms with van der Waals surface area (Å²) in [5.41, 5.74) is 15.7. The van der Waals surface area contributed by atoms with E-state index < -0.39 is 0 Å². The van der Waals surface area contributed by atoms with Gasteiger partial charge in [-0.1, -0.05) is 122 Å². The zero-order chi connectivity index (χ0) is 42.5. The molecule has 3 fully saturated rings. The Morgan fingerprint density at radius 1 is 0.877 bits per heavy atom. The smallest absolute Gasteiger partial charge is 0.120 e. The Hall–Kier alpha value is -0.0500. The summed E-state index contributed by atoms with van der Waals surface area (Å²) >= 11 is 0. The molecule has 0 amide bonds. The number of carbonyl (C=O) groups excluding carboxylic acids is 1. The monoisotopic (exact) mass is 835 g/mol. The molecule has 0 aromatic carbocycles. The van der Waals surface area contributed by atoms with Crippen molar-refractivity contribution in [2.75, 3.05) is 39.0 Å². The molecule has 0 spiro atoms. The van der Waals surface area contributed by atoms with Gasteiger partial charge in [0.2, 0.25) is 0 Å². The van der Waals surface area contributed by atoms with E-state index in [0.717, 1.165) is 112 Å². The summed E-state index contributed by atoms with van der Waals surface area (Å²) in [5.74, 6) is 5.71. The maximum Gasteiger partial charge on any atom is 0.120 e. The SMILES string of the molecule is CC.CC(C)CCCCC1CCC2C3CC=C4CC(SSCCC=O)CCC4(C)C3CCC12C.CCC(N)(CC)CCNCCCCN(C)CCC(N)(CC)CC. The first-order chi connectivity index (χ1) is 27.2. The second kappa shape index (κ2) is 27.1. The molecule has 57 heavy (non-hydrogen) atoms. The highest BCUT2D eigenvalue weighted by Crippen LogP contribution is 2.67. The fourth-order valence-corrected chi connectivity index (χ4v) is 13.9. The number of nitrogens with zero attached hydrogens (tertiary/aromatic N) is 1. The highest BCUT2D eigenvalue weighted by Gasteiger charge is 2.58. The Bertz CT molecular complexity index is 1110. The van der Waals surface area contributed by atoms with Crippen LogP contribution >= 0.6 is 21.6 Å². The van der Waals surface area contributed by atoms with Gasteiger partial charge in [-0.2, -0.15) is 0 Å². The van der Waals surface area contributed by atoms with Gasteiger partial charge in [-0.25, -0.2) is 0 Å². The summed E-state index contributed by atoms with van der Waals surface area (Å²) in [6.45, 7) is 27.3. The predicted octanol–water partition coefficient (Wildman–Crippen LogP) is 13.3. The van der Waals surface area contributed by atoms with E-state index in [0.29, 0.717) is 17.3 Å². The molecule has 5 N–H and O–H groups in total. The summed E-state index contributed by atoms with van der Waals surface area (Å²) in [5, 5.41) is 4.30. The maximum absolute atomic E-state index is 10.6. The fraction of sp³-hybridized carbons (Fsp3) is 0.940. The molecule has 7 heteroatoms. The molecule has 0 aromatic rings. The van der Waals surface area contributed by atoms with Crippen molar-refractivity contribution in [3.63, 3.8) is 0 Å². The van der Waals surface area contributed by atoms with Crippen LogP contribution in [0.5, 0.6) is 0 Å². The van der Waals surface area contributed by atoms with E-state index in [1.54, 1.807) is 0 Å². The van der Waals surface area contributed by atoms with Crippen LogP contribution in [0.15, 0.2) is 11.6 Å². The van der Waals surface area contributed by atoms with Gasteiger partial charge in [-0.05, 0) is 183 Å². The molecule has 4 aliphatic rings. The van der Waals surface area contributed by atoms with Crippen molar-refractivity contribution < 1.29 is 4.79 Å². The largest absolute Gasteiger partial charge is 0.325 e. The van der Waals surface area contributed by atoms with E-state index in [4.69, 9.17) is 11.5 Å². The van der Waals surface area contributed by atoms with Gasteiger partial charge in [0.1, 0.15) is 6.29 Å². The van der Waals surface area contributed by atoms with Gasteiger partial charge in [0.25, 0.3) is 0 Å². The van der Waals surface area contributed by atoms with Crippen LogP contribution in [0, 0.1) is 40.4 Å². The Labute approximate surface area is 364 Å². The molecule has 4 rings (SSSR count). The zero-order valence-electron chi connectivity index (χ0n) is 39.8. The van der Waals surface area contributed by atoms with Crippen LogP contribution in [0.25, 0.3) is 0 Å². The summed E-state index contributed by atoms with van der Waals surface area (Å²) < 4.78 is 0. The van der Waals surface area contributed by atoms with Crippen LogP contribution < -0.4 is 16.8 Å². The second-order valence-electron chi connectivity index (χ2n) is 19.9. The van der Waals surface area contributed by atoms with Crippen molar-refractivity contribution in [3.8, 4) is 0 Å². The molecule has 3 saturated carbocycles. The Morgan fingerprint density at radius 3 is 2.21 bits per heavy atom. The van der Waals surface area contributed by atoms with Crippen molar-refractivity contribution in [2.24, 2.45) is 51.9 Å². The lowest BCUT2D eigenvalue weighted by atomic mass is 9.47. The Morgan fingerprint density at radius 2 is 1.56 bits per heavy atom. The lowest BCUT2D eigenvalue weighted by Gasteiger charge is -2.58. The minimum Gasteiger partial charge on any atom is -0.325 e. The average Bonchev–Trinajstić information content (AvgIpc) is 3.56. The molecule has 336 valence electrons. The van der Waals surface area contributed by atoms with Crippen LogP contribution in [-0.2, 0) is 4.79 Å². The van der Waals surface area contributed by atoms with Gasteiger partial charge in [-0.15, -0.1) is 0 Å². The van der Waals surface area contributed by atoms with Crippen molar-refractivity contribution in [1.82, 2.24) is 10.2 Å². The second-order valence-corrected chi connectivity index (χ2v) is 22.7. The highest BCUT2D eigenvalue weighted by molar-refractivity contribution is 8.76. The van der Waals surface area contributed by atoms with Gasteiger partial charge in [0, 0.05) is 28.5 Å². The van der Waals surface area contributed by atoms with Gasteiger partial charge in [0.15, 0.2) is 0 Å². The number of allylic oxidation sites excluding steroid dienone is 2. The third kappa shape index (κ3) is 16.3. The van der Waals surface area contributed by atoms with Gasteiger partial charge in [0.05, 0.1) is 0 Å². The minimum atomic E-state index is 0.0283. The predicted molar refractivity (Wildman–Crippen MR) is 258 cm³/mol. The first-order valence-corrected chi connectivity index (χ1v) is 27.0. The molecule has 4 aliphatic carbocycles. The molecule has 0 bridgehead atoms. The van der Waals surface area contributed by atoms with E-state index in [2.05, 4.69) is 89.5 Å². The number of nitrogens with one attached hydrogen (secondary N) is 1. The third-order valence-electron chi connectivity index (χ3n) is 16.1. The summed E-state index contributed by atoms with van der Waals surface area (Å²) in [6.07, 6.45) is 30.7. The van der Waals surface area contributed by atoms with Crippen LogP contribution in [0.3, 0.4) is 0 Å². The maximum atomic E-state index is 10.6. The molecule has 0 aromatic heterocycles. The van der Waals surface area contributed by atoms with Crippen LogP contribution in [0.2, 0.25) is 0 Å². The lowest BCUT2D eigenvalue weighted by molar-refractivity contribution is -0.107. The van der Waals surface area contributed by atoms with Gasteiger partial charge >= 0.3 is 0 Å². The first kappa shape index (κ1) is 53.1. The molecule has 5 nitrogen and oxygen atoms in total. The van der Waals surface area contributed by atoms with Crippen LogP contribution in [-0.4, -0.2) is 66.5 Å².